The van der Waals surface area contributed by atoms with Crippen LogP contribution < -0.4 is 15.4 Å². The first-order valence-corrected chi connectivity index (χ1v) is 8.04. The van der Waals surface area contributed by atoms with Gasteiger partial charge in [0.05, 0.1) is 6.42 Å². The number of amides is 1. The molecule has 0 aliphatic carbocycles. The molecule has 0 aliphatic rings. The molecule has 0 spiro atoms. The van der Waals surface area contributed by atoms with Gasteiger partial charge >= 0.3 is 0 Å². The van der Waals surface area contributed by atoms with E-state index in [9.17, 15) is 4.79 Å². The fraction of sp³-hybridized carbons (Fsp3) is 0.111. The Morgan fingerprint density at radius 1 is 1.17 bits per heavy atom. The lowest BCUT2D eigenvalue weighted by atomic mass is 10.1. The molecule has 2 aromatic rings. The Kier molecular flexibility index (Phi) is 6.78. The number of nitrogens with one attached hydrogen (secondary N) is 2. The predicted octanol–water partition coefficient (Wildman–Crippen LogP) is 3.96. The summed E-state index contributed by atoms with van der Waals surface area (Å²) in [5.41, 5.74) is 1.63. The summed E-state index contributed by atoms with van der Waals surface area (Å²) in [6.07, 6.45) is 1.91. The zero-order valence-corrected chi connectivity index (χ0v) is 14.5. The molecule has 0 atom stereocenters. The zero-order valence-electron chi connectivity index (χ0n) is 12.9. The van der Waals surface area contributed by atoms with Gasteiger partial charge in [-0.2, -0.15) is 0 Å². The molecule has 1 amide bonds. The summed E-state index contributed by atoms with van der Waals surface area (Å²) >= 11 is 11.0. The van der Waals surface area contributed by atoms with E-state index in [4.69, 9.17) is 28.6 Å². The molecule has 2 N–H and O–H groups in total. The summed E-state index contributed by atoms with van der Waals surface area (Å²) in [7, 11) is 0. The van der Waals surface area contributed by atoms with Crippen molar-refractivity contribution in [2.45, 2.75) is 6.42 Å². The Labute approximate surface area is 151 Å². The number of halogens is 1. The molecule has 0 heterocycles. The van der Waals surface area contributed by atoms with Crippen molar-refractivity contribution in [1.29, 1.82) is 0 Å². The average Bonchev–Trinajstić information content (AvgIpc) is 2.56. The third kappa shape index (κ3) is 6.02. The summed E-state index contributed by atoms with van der Waals surface area (Å²) < 4.78 is 5.40. The van der Waals surface area contributed by atoms with Gasteiger partial charge in [-0.05, 0) is 54.2 Å². The maximum absolute atomic E-state index is 12.0. The molecule has 4 nitrogen and oxygen atoms in total. The van der Waals surface area contributed by atoms with Gasteiger partial charge in [-0.3, -0.25) is 4.79 Å². The molecular formula is C18H17ClN2O2S. The van der Waals surface area contributed by atoms with Gasteiger partial charge < -0.3 is 15.4 Å². The van der Waals surface area contributed by atoms with E-state index in [1.807, 2.05) is 24.3 Å². The molecule has 0 aromatic heterocycles. The van der Waals surface area contributed by atoms with Crippen LogP contribution in [0, 0.1) is 0 Å². The highest BCUT2D eigenvalue weighted by Crippen LogP contribution is 2.15. The number of anilines is 1. The molecule has 0 fully saturated rings. The van der Waals surface area contributed by atoms with Crippen LogP contribution >= 0.6 is 23.8 Å². The highest BCUT2D eigenvalue weighted by molar-refractivity contribution is 7.80. The largest absolute Gasteiger partial charge is 0.490 e. The van der Waals surface area contributed by atoms with Gasteiger partial charge in [0.25, 0.3) is 0 Å². The number of ether oxygens (including phenoxy) is 1. The van der Waals surface area contributed by atoms with Crippen LogP contribution in [-0.4, -0.2) is 17.6 Å². The van der Waals surface area contributed by atoms with Gasteiger partial charge in [0.15, 0.2) is 5.11 Å². The van der Waals surface area contributed by atoms with E-state index < -0.39 is 0 Å². The van der Waals surface area contributed by atoms with Gasteiger partial charge in [0.1, 0.15) is 12.4 Å². The molecule has 0 saturated heterocycles. The second-order valence-corrected chi connectivity index (χ2v) is 5.77. The lowest BCUT2D eigenvalue weighted by Gasteiger charge is -2.10. The second kappa shape index (κ2) is 9.05. The third-order valence-electron chi connectivity index (χ3n) is 3.01. The zero-order chi connectivity index (χ0) is 17.4. The number of rotatable bonds is 6. The number of carbonyl (C=O) groups is 1. The topological polar surface area (TPSA) is 50.4 Å². The minimum atomic E-state index is -0.194. The normalized spacial score (nSPS) is 9.88. The number of thiocarbonyl (C=S) groups is 1. The molecule has 0 radical (unpaired) electrons. The van der Waals surface area contributed by atoms with Crippen LogP contribution in [0.5, 0.6) is 5.75 Å². The first-order chi connectivity index (χ1) is 11.6. The van der Waals surface area contributed by atoms with Crippen LogP contribution in [0.15, 0.2) is 61.2 Å². The molecule has 2 aromatic carbocycles. The van der Waals surface area contributed by atoms with E-state index >= 15 is 0 Å². The number of carbonyl (C=O) groups excluding carboxylic acids is 1. The lowest BCUT2D eigenvalue weighted by molar-refractivity contribution is -0.119. The molecule has 0 aliphatic heterocycles. The van der Waals surface area contributed by atoms with E-state index in [0.717, 1.165) is 17.0 Å². The van der Waals surface area contributed by atoms with E-state index in [2.05, 4.69) is 17.2 Å². The highest BCUT2D eigenvalue weighted by Gasteiger charge is 2.06. The van der Waals surface area contributed by atoms with Gasteiger partial charge in [0.2, 0.25) is 5.91 Å². The summed E-state index contributed by atoms with van der Waals surface area (Å²) in [5, 5.41) is 6.48. The lowest BCUT2D eigenvalue weighted by Crippen LogP contribution is -2.35. The number of hydrogen-bond acceptors (Lipinski definition) is 3. The van der Waals surface area contributed by atoms with Gasteiger partial charge in [-0.25, -0.2) is 0 Å². The molecule has 0 bridgehead atoms. The Morgan fingerprint density at radius 3 is 2.46 bits per heavy atom. The maximum Gasteiger partial charge on any atom is 0.230 e. The van der Waals surface area contributed by atoms with Crippen LogP contribution in [0.3, 0.4) is 0 Å². The van der Waals surface area contributed by atoms with Crippen molar-refractivity contribution in [3.63, 3.8) is 0 Å². The standard InChI is InChI=1S/C18H17ClN2O2S/c1-2-11-23-16-9-7-15(8-10-16)20-18(24)21-17(22)12-13-3-5-14(19)6-4-13/h2-10H,1,11-12H2,(H2,20,21,22,24). The third-order valence-corrected chi connectivity index (χ3v) is 3.47. The Bertz CT molecular complexity index is 715. The Hall–Kier alpha value is -2.37. The van der Waals surface area contributed by atoms with Crippen molar-refractivity contribution in [2.75, 3.05) is 11.9 Å². The Balaban J connectivity index is 1.82. The fourth-order valence-corrected chi connectivity index (χ4v) is 2.27. The number of benzene rings is 2. The van der Waals surface area contributed by atoms with Crippen molar-refractivity contribution < 1.29 is 9.53 Å². The smallest absolute Gasteiger partial charge is 0.230 e. The van der Waals surface area contributed by atoms with Crippen molar-refractivity contribution in [1.82, 2.24) is 5.32 Å². The second-order valence-electron chi connectivity index (χ2n) is 4.93. The fourth-order valence-electron chi connectivity index (χ4n) is 1.91. The van der Waals surface area contributed by atoms with Crippen molar-refractivity contribution in [2.24, 2.45) is 0 Å². The van der Waals surface area contributed by atoms with Crippen molar-refractivity contribution in [3.8, 4) is 5.75 Å². The molecule has 24 heavy (non-hydrogen) atoms. The molecule has 0 saturated carbocycles. The maximum atomic E-state index is 12.0. The first kappa shape index (κ1) is 18.0. The summed E-state index contributed by atoms with van der Waals surface area (Å²) in [5.74, 6) is 0.541. The quantitative estimate of drug-likeness (QED) is 0.604. The predicted molar refractivity (Wildman–Crippen MR) is 102 cm³/mol. The minimum absolute atomic E-state index is 0.194. The molecule has 6 heteroatoms. The summed E-state index contributed by atoms with van der Waals surface area (Å²) in [6, 6.07) is 14.4. The van der Waals surface area contributed by atoms with Crippen LogP contribution in [0.2, 0.25) is 5.02 Å². The van der Waals surface area contributed by atoms with Crippen molar-refractivity contribution >= 4 is 40.5 Å². The van der Waals surface area contributed by atoms with Crippen LogP contribution in [0.4, 0.5) is 5.69 Å². The van der Waals surface area contributed by atoms with Crippen LogP contribution in [0.25, 0.3) is 0 Å². The van der Waals surface area contributed by atoms with E-state index in [1.54, 1.807) is 30.3 Å². The van der Waals surface area contributed by atoms with Crippen LogP contribution in [0.1, 0.15) is 5.56 Å². The molecular weight excluding hydrogens is 344 g/mol. The molecule has 2 rings (SSSR count). The van der Waals surface area contributed by atoms with Crippen molar-refractivity contribution in [3.05, 3.63) is 71.8 Å². The number of hydrogen-bond donors (Lipinski definition) is 2. The van der Waals surface area contributed by atoms with E-state index in [1.165, 1.54) is 0 Å². The minimum Gasteiger partial charge on any atom is -0.490 e. The van der Waals surface area contributed by atoms with Crippen LogP contribution in [-0.2, 0) is 11.2 Å². The SMILES string of the molecule is C=CCOc1ccc(NC(=S)NC(=O)Cc2ccc(Cl)cc2)cc1. The van der Waals surface area contributed by atoms with Gasteiger partial charge in [-0.1, -0.05) is 36.4 Å². The Morgan fingerprint density at radius 2 is 1.83 bits per heavy atom. The van der Waals surface area contributed by atoms with E-state index in [-0.39, 0.29) is 17.4 Å². The van der Waals surface area contributed by atoms with Gasteiger partial charge in [0, 0.05) is 10.7 Å². The average molecular weight is 361 g/mol. The molecule has 124 valence electrons. The highest BCUT2D eigenvalue weighted by atomic mass is 35.5. The summed E-state index contributed by atoms with van der Waals surface area (Å²) in [6.45, 7) is 4.04. The summed E-state index contributed by atoms with van der Waals surface area (Å²) in [4.78, 5) is 12.0. The van der Waals surface area contributed by atoms with Gasteiger partial charge in [-0.15, -0.1) is 0 Å². The monoisotopic (exact) mass is 360 g/mol. The first-order valence-electron chi connectivity index (χ1n) is 7.26. The molecule has 0 unspecified atom stereocenters. The van der Waals surface area contributed by atoms with E-state index in [0.29, 0.717) is 11.6 Å².